The molecule has 0 radical (unpaired) electrons. The molecule has 0 saturated carbocycles. The number of allylic oxidation sites excluding steroid dienone is 1. The van der Waals surface area contributed by atoms with Gasteiger partial charge in [-0.1, -0.05) is 0 Å². The number of phenolic OH excluding ortho intramolecular Hbond substituents is 1. The SMILES string of the molecule is C=I(C)(/C(C)=C1/S/C(=C/C(C)(C)N(CC)c2ccccc2S)N(CC)C1(C)O)c1ccccc1O. The molecule has 0 aromatic heterocycles. The number of anilines is 1. The van der Waals surface area contributed by atoms with E-state index >= 15 is 0 Å². The Kier molecular flexibility index (Phi) is 8.46. The van der Waals surface area contributed by atoms with Gasteiger partial charge in [0.15, 0.2) is 0 Å². The number of nitrogens with zero attached hydrogens (tertiary/aromatic N) is 2. The van der Waals surface area contributed by atoms with Crippen molar-refractivity contribution in [3.63, 3.8) is 0 Å². The Bertz CT molecular complexity index is 1200. The Labute approximate surface area is 224 Å². The molecule has 35 heavy (non-hydrogen) atoms. The van der Waals surface area contributed by atoms with Gasteiger partial charge in [0, 0.05) is 0 Å². The Hall–Kier alpha value is -1.42. The van der Waals surface area contributed by atoms with Crippen LogP contribution in [0.1, 0.15) is 41.5 Å². The molecule has 1 heterocycles. The number of thiol groups is 1. The van der Waals surface area contributed by atoms with E-state index in [1.165, 1.54) is 0 Å². The van der Waals surface area contributed by atoms with E-state index in [-0.39, 0.29) is 11.3 Å². The zero-order valence-electron chi connectivity index (χ0n) is 21.8. The molecule has 2 aromatic rings. The summed E-state index contributed by atoms with van der Waals surface area (Å²) >= 11 is 3.34. The monoisotopic (exact) mass is 626 g/mol. The van der Waals surface area contributed by atoms with Gasteiger partial charge in [-0.15, -0.1) is 0 Å². The summed E-state index contributed by atoms with van der Waals surface area (Å²) < 4.78 is 6.67. The Balaban J connectivity index is 2.11. The molecule has 0 bridgehead atoms. The summed E-state index contributed by atoms with van der Waals surface area (Å²) in [6, 6.07) is 15.6. The molecule has 0 spiro atoms. The number of aliphatic hydroxyl groups is 1. The number of thioether (sulfide) groups is 1. The van der Waals surface area contributed by atoms with E-state index in [2.05, 4.69) is 66.0 Å². The quantitative estimate of drug-likeness (QED) is 0.174. The van der Waals surface area contributed by atoms with Crippen LogP contribution in [0.25, 0.3) is 0 Å². The van der Waals surface area contributed by atoms with Crippen LogP contribution in [0.5, 0.6) is 5.75 Å². The van der Waals surface area contributed by atoms with Gasteiger partial charge in [0.25, 0.3) is 0 Å². The molecule has 3 rings (SSSR count). The van der Waals surface area contributed by atoms with Crippen LogP contribution in [0.4, 0.5) is 5.69 Å². The first-order valence-electron chi connectivity index (χ1n) is 11.8. The van der Waals surface area contributed by atoms with Gasteiger partial charge >= 0.3 is 226 Å². The first-order chi connectivity index (χ1) is 16.3. The second-order valence-electron chi connectivity index (χ2n) is 9.56. The Morgan fingerprint density at radius 1 is 1.20 bits per heavy atom. The van der Waals surface area contributed by atoms with E-state index in [1.54, 1.807) is 17.8 Å². The third-order valence-electron chi connectivity index (χ3n) is 6.65. The molecule has 1 saturated heterocycles. The van der Waals surface area contributed by atoms with E-state index < -0.39 is 23.7 Å². The van der Waals surface area contributed by atoms with Crippen LogP contribution in [-0.4, -0.2) is 48.9 Å². The molecule has 2 N–H and O–H groups in total. The van der Waals surface area contributed by atoms with Crippen LogP contribution in [-0.2, 0) is 0 Å². The maximum absolute atomic E-state index is 11.8. The van der Waals surface area contributed by atoms with Crippen LogP contribution in [0, 0.1) is 3.57 Å². The van der Waals surface area contributed by atoms with Gasteiger partial charge in [-0.2, -0.15) is 0 Å². The predicted octanol–water partition coefficient (Wildman–Crippen LogP) is 7.11. The zero-order valence-corrected chi connectivity index (χ0v) is 25.7. The fraction of sp³-hybridized carbons (Fsp3) is 0.393. The fourth-order valence-electron chi connectivity index (χ4n) is 4.67. The predicted molar refractivity (Wildman–Crippen MR) is 166 cm³/mol. The fourth-order valence-corrected chi connectivity index (χ4v) is 12.7. The number of phenols is 1. The molecule has 1 aliphatic rings. The summed E-state index contributed by atoms with van der Waals surface area (Å²) in [5.41, 5.74) is -0.379. The van der Waals surface area contributed by atoms with Crippen LogP contribution in [0.3, 0.4) is 0 Å². The first kappa shape index (κ1) is 28.2. The van der Waals surface area contributed by atoms with E-state index in [1.807, 2.05) is 43.3 Å². The summed E-state index contributed by atoms with van der Waals surface area (Å²) in [6.45, 7) is 14.1. The molecular weight excluding hydrogens is 587 g/mol. The van der Waals surface area contributed by atoms with E-state index in [0.29, 0.717) is 6.54 Å². The van der Waals surface area contributed by atoms with Gasteiger partial charge in [-0.25, -0.2) is 0 Å². The number of likely N-dealkylation sites (N-methyl/N-ethyl adjacent to an activating group) is 2. The van der Waals surface area contributed by atoms with Gasteiger partial charge < -0.3 is 0 Å². The molecule has 2 aromatic carbocycles. The summed E-state index contributed by atoms with van der Waals surface area (Å²) in [7, 11) is 0. The molecule has 4 nitrogen and oxygen atoms in total. The van der Waals surface area contributed by atoms with E-state index in [4.69, 9.17) is 12.6 Å². The second-order valence-corrected chi connectivity index (χ2v) is 19.6. The molecule has 0 amide bonds. The average Bonchev–Trinajstić information content (AvgIpc) is 3.03. The second kappa shape index (κ2) is 10.5. The number of para-hydroxylation sites is 2. The molecule has 1 fully saturated rings. The number of aromatic hydroxyl groups is 1. The van der Waals surface area contributed by atoms with Crippen molar-refractivity contribution in [3.8, 4) is 5.75 Å². The van der Waals surface area contributed by atoms with Gasteiger partial charge in [0.1, 0.15) is 0 Å². The third kappa shape index (κ3) is 5.33. The summed E-state index contributed by atoms with van der Waals surface area (Å²) in [4.78, 5) is 8.45. The molecule has 0 aliphatic carbocycles. The number of hydrogen-bond donors (Lipinski definition) is 3. The van der Waals surface area contributed by atoms with Gasteiger partial charge in [-0.05, 0) is 0 Å². The number of halogens is 1. The minimum absolute atomic E-state index is 0.289. The molecule has 2 atom stereocenters. The average molecular weight is 627 g/mol. The van der Waals surface area contributed by atoms with Crippen LogP contribution in [0.15, 0.2) is 73.0 Å². The van der Waals surface area contributed by atoms with Crippen molar-refractivity contribution in [1.82, 2.24) is 4.90 Å². The summed E-state index contributed by atoms with van der Waals surface area (Å²) in [5, 5.41) is 23.4. The number of hydrogen-bond acceptors (Lipinski definition) is 6. The normalized spacial score (nSPS) is 23.8. The van der Waals surface area contributed by atoms with Crippen molar-refractivity contribution >= 4 is 52.6 Å². The van der Waals surface area contributed by atoms with E-state index in [9.17, 15) is 10.2 Å². The molecule has 192 valence electrons. The van der Waals surface area contributed by atoms with Crippen molar-refractivity contribution in [2.75, 3.05) is 22.9 Å². The standard InChI is InChI=1S/C28H39IN2O2S2/c1-9-30(22-16-12-14-18-24(22)34)27(4,5)19-25-31(10-2)28(6,33)26(35-25)20(3)29(7,8)21-15-11-13-17-23(21)32/h11-19,32-34H,7,9-10H2,1-6,8H3/b25-19+,26-20+. The third-order valence-corrected chi connectivity index (χ3v) is 16.4. The van der Waals surface area contributed by atoms with E-state index in [0.717, 1.165) is 34.2 Å². The Morgan fingerprint density at radius 3 is 2.37 bits per heavy atom. The van der Waals surface area contributed by atoms with Crippen LogP contribution < -0.4 is 4.90 Å². The maximum atomic E-state index is 11.8. The van der Waals surface area contributed by atoms with Gasteiger partial charge in [-0.3, -0.25) is 0 Å². The number of rotatable bonds is 7. The van der Waals surface area contributed by atoms with Gasteiger partial charge in [0.2, 0.25) is 0 Å². The van der Waals surface area contributed by atoms with Crippen LogP contribution >= 0.6 is 42.3 Å². The van der Waals surface area contributed by atoms with Crippen molar-refractivity contribution in [2.45, 2.75) is 57.7 Å². The molecule has 7 heteroatoms. The first-order valence-corrected chi connectivity index (χ1v) is 18.9. The molecular formula is C28H39IN2O2S2. The van der Waals surface area contributed by atoms with Crippen molar-refractivity contribution in [3.05, 3.63) is 71.7 Å². The van der Waals surface area contributed by atoms with Crippen molar-refractivity contribution in [2.24, 2.45) is 0 Å². The van der Waals surface area contributed by atoms with Crippen molar-refractivity contribution < 1.29 is 10.2 Å². The number of alkyl halides is 1. The summed E-state index contributed by atoms with van der Waals surface area (Å²) in [6.07, 6.45) is 2.26. The number of benzene rings is 2. The Morgan fingerprint density at radius 2 is 1.80 bits per heavy atom. The van der Waals surface area contributed by atoms with Crippen LogP contribution in [0.2, 0.25) is 0 Å². The zero-order chi connectivity index (χ0) is 26.2. The topological polar surface area (TPSA) is 46.9 Å². The molecule has 2 unspecified atom stereocenters. The van der Waals surface area contributed by atoms with Gasteiger partial charge in [0.05, 0.1) is 0 Å². The minimum atomic E-state index is -3.00. The van der Waals surface area contributed by atoms with Crippen molar-refractivity contribution in [1.29, 1.82) is 0 Å². The summed E-state index contributed by atoms with van der Waals surface area (Å²) in [5.74, 6) is 0.289. The molecule has 1 aliphatic heterocycles.